The lowest BCUT2D eigenvalue weighted by Gasteiger charge is -2.18. The summed E-state index contributed by atoms with van der Waals surface area (Å²) in [7, 11) is 3.02. The van der Waals surface area contributed by atoms with E-state index in [2.05, 4.69) is 20.8 Å². The van der Waals surface area contributed by atoms with Crippen molar-refractivity contribution < 1.29 is 19.1 Å². The predicted molar refractivity (Wildman–Crippen MR) is 135 cm³/mol. The topological polar surface area (TPSA) is 102 Å². The highest BCUT2D eigenvalue weighted by molar-refractivity contribution is 7.18. The van der Waals surface area contributed by atoms with E-state index in [-0.39, 0.29) is 0 Å². The van der Waals surface area contributed by atoms with Gasteiger partial charge in [0.2, 0.25) is 11.0 Å². The van der Waals surface area contributed by atoms with Gasteiger partial charge in [-0.1, -0.05) is 72.0 Å². The van der Waals surface area contributed by atoms with Crippen LogP contribution in [0.1, 0.15) is 15.9 Å². The van der Waals surface area contributed by atoms with E-state index in [1.807, 2.05) is 60.7 Å². The highest BCUT2D eigenvalue weighted by Gasteiger charge is 2.24. The van der Waals surface area contributed by atoms with Crippen LogP contribution >= 0.6 is 11.3 Å². The Bertz CT molecular complexity index is 1270. The second-order valence-corrected chi connectivity index (χ2v) is 8.56. The number of benzene rings is 3. The molecule has 2 N–H and O–H groups in total. The number of nitrogens with one attached hydrogen (secondary N) is 2. The molecule has 2 amide bonds. The van der Waals surface area contributed by atoms with Crippen molar-refractivity contribution in [2.45, 2.75) is 12.5 Å². The molecule has 1 aromatic heterocycles. The summed E-state index contributed by atoms with van der Waals surface area (Å²) >= 11 is 1.26. The van der Waals surface area contributed by atoms with E-state index in [9.17, 15) is 9.59 Å². The fourth-order valence-corrected chi connectivity index (χ4v) is 4.15. The summed E-state index contributed by atoms with van der Waals surface area (Å²) in [5.41, 5.74) is 2.12. The van der Waals surface area contributed by atoms with Gasteiger partial charge < -0.3 is 14.8 Å². The zero-order chi connectivity index (χ0) is 24.6. The lowest BCUT2D eigenvalue weighted by Crippen LogP contribution is -2.45. The number of hydrogen-bond acceptors (Lipinski definition) is 7. The Kier molecular flexibility index (Phi) is 7.69. The molecule has 1 unspecified atom stereocenters. The van der Waals surface area contributed by atoms with E-state index in [1.165, 1.54) is 25.6 Å². The van der Waals surface area contributed by atoms with E-state index >= 15 is 0 Å². The summed E-state index contributed by atoms with van der Waals surface area (Å²) in [5.74, 6) is 0.120. The molecule has 3 aromatic carbocycles. The summed E-state index contributed by atoms with van der Waals surface area (Å²) in [6.45, 7) is 0. The molecule has 0 bridgehead atoms. The Balaban J connectivity index is 1.54. The first-order chi connectivity index (χ1) is 17.1. The third kappa shape index (κ3) is 6.21. The molecule has 0 fully saturated rings. The first-order valence-corrected chi connectivity index (χ1v) is 11.6. The van der Waals surface area contributed by atoms with Crippen molar-refractivity contribution in [2.24, 2.45) is 0 Å². The molecule has 35 heavy (non-hydrogen) atoms. The minimum atomic E-state index is -0.855. The molecule has 178 valence electrons. The number of rotatable bonds is 9. The summed E-state index contributed by atoms with van der Waals surface area (Å²) < 4.78 is 10.5. The van der Waals surface area contributed by atoms with Crippen molar-refractivity contribution in [1.82, 2.24) is 15.5 Å². The lowest BCUT2D eigenvalue weighted by atomic mass is 10.0. The molecule has 0 spiro atoms. The van der Waals surface area contributed by atoms with Crippen LogP contribution in [0, 0.1) is 0 Å². The van der Waals surface area contributed by atoms with Crippen LogP contribution in [0.2, 0.25) is 0 Å². The van der Waals surface area contributed by atoms with Gasteiger partial charge in [0.15, 0.2) is 0 Å². The van der Waals surface area contributed by atoms with Crippen LogP contribution in [0.3, 0.4) is 0 Å². The second kappa shape index (κ2) is 11.3. The number of ether oxygens (including phenoxy) is 2. The fourth-order valence-electron chi connectivity index (χ4n) is 3.40. The average Bonchev–Trinajstić information content (AvgIpc) is 3.37. The molecule has 1 heterocycles. The molecule has 4 rings (SSSR count). The number of aromatic nitrogens is 2. The van der Waals surface area contributed by atoms with Crippen LogP contribution < -0.4 is 20.1 Å². The molecular weight excluding hydrogens is 464 g/mol. The van der Waals surface area contributed by atoms with Gasteiger partial charge >= 0.3 is 0 Å². The first-order valence-electron chi connectivity index (χ1n) is 10.8. The van der Waals surface area contributed by atoms with Crippen LogP contribution in [0.15, 0.2) is 78.9 Å². The van der Waals surface area contributed by atoms with Crippen LogP contribution in [-0.4, -0.2) is 42.3 Å². The van der Waals surface area contributed by atoms with E-state index < -0.39 is 17.9 Å². The SMILES string of the molecule is COc1cc(OC)cc(C(=O)NC(Cc2ccccc2)C(=O)Nc2nnc(-c3ccccc3)s2)c1. The van der Waals surface area contributed by atoms with E-state index in [0.717, 1.165) is 11.1 Å². The standard InChI is InChI=1S/C26H24N4O4S/c1-33-20-14-19(15-21(16-20)34-2)23(31)27-22(13-17-9-5-3-6-10-17)24(32)28-26-30-29-25(35-26)18-11-7-4-8-12-18/h3-12,14-16,22H,13H2,1-2H3,(H,27,31)(H,28,30,32). The Hall–Kier alpha value is -4.24. The van der Waals surface area contributed by atoms with Gasteiger partial charge in [0, 0.05) is 23.6 Å². The normalized spacial score (nSPS) is 11.4. The van der Waals surface area contributed by atoms with E-state index in [0.29, 0.717) is 33.6 Å². The van der Waals surface area contributed by atoms with Crippen LogP contribution in [0.4, 0.5) is 5.13 Å². The zero-order valence-electron chi connectivity index (χ0n) is 19.2. The van der Waals surface area contributed by atoms with Crippen molar-refractivity contribution in [3.05, 3.63) is 90.0 Å². The Morgan fingerprint density at radius 2 is 1.51 bits per heavy atom. The first kappa shape index (κ1) is 23.9. The quantitative estimate of drug-likeness (QED) is 0.366. The van der Waals surface area contributed by atoms with Crippen molar-refractivity contribution in [2.75, 3.05) is 19.5 Å². The van der Waals surface area contributed by atoms with Crippen molar-refractivity contribution >= 4 is 28.3 Å². The highest BCUT2D eigenvalue weighted by Crippen LogP contribution is 2.26. The number of amides is 2. The second-order valence-electron chi connectivity index (χ2n) is 7.58. The minimum absolute atomic E-state index is 0.295. The smallest absolute Gasteiger partial charge is 0.252 e. The number of methoxy groups -OCH3 is 2. The number of carbonyl (C=O) groups is 2. The molecule has 0 aliphatic rings. The van der Waals surface area contributed by atoms with E-state index in [4.69, 9.17) is 9.47 Å². The predicted octanol–water partition coefficient (Wildman–Crippen LogP) is 4.20. The third-order valence-corrected chi connectivity index (χ3v) is 6.08. The molecule has 4 aromatic rings. The molecule has 0 saturated carbocycles. The molecule has 0 radical (unpaired) electrons. The van der Waals surface area contributed by atoms with Crippen molar-refractivity contribution in [3.63, 3.8) is 0 Å². The molecule has 0 aliphatic heterocycles. The van der Waals surface area contributed by atoms with Gasteiger partial charge in [-0.2, -0.15) is 0 Å². The molecule has 9 heteroatoms. The number of anilines is 1. The number of hydrogen-bond donors (Lipinski definition) is 2. The van der Waals surface area contributed by atoms with Gasteiger partial charge in [0.1, 0.15) is 22.5 Å². The van der Waals surface area contributed by atoms with Crippen molar-refractivity contribution in [1.29, 1.82) is 0 Å². The van der Waals surface area contributed by atoms with Crippen LogP contribution in [-0.2, 0) is 11.2 Å². The Morgan fingerprint density at radius 1 is 0.886 bits per heavy atom. The van der Waals surface area contributed by atoms with Gasteiger partial charge in [-0.25, -0.2) is 0 Å². The summed E-state index contributed by atoms with van der Waals surface area (Å²) in [6.07, 6.45) is 0.295. The van der Waals surface area contributed by atoms with Crippen LogP contribution in [0.25, 0.3) is 10.6 Å². The molecule has 0 aliphatic carbocycles. The Morgan fingerprint density at radius 3 is 2.14 bits per heavy atom. The molecular formula is C26H24N4O4S. The minimum Gasteiger partial charge on any atom is -0.497 e. The molecule has 1 atom stereocenters. The summed E-state index contributed by atoms with van der Waals surface area (Å²) in [4.78, 5) is 26.3. The van der Waals surface area contributed by atoms with Gasteiger partial charge in [-0.15, -0.1) is 10.2 Å². The summed E-state index contributed by atoms with van der Waals surface area (Å²) in [6, 6.07) is 23.1. The molecule has 0 saturated heterocycles. The average molecular weight is 489 g/mol. The van der Waals surface area contributed by atoms with Gasteiger partial charge in [0.25, 0.3) is 5.91 Å². The maximum atomic E-state index is 13.2. The largest absolute Gasteiger partial charge is 0.497 e. The maximum absolute atomic E-state index is 13.2. The van der Waals surface area contributed by atoms with Crippen LogP contribution in [0.5, 0.6) is 11.5 Å². The lowest BCUT2D eigenvalue weighted by molar-refractivity contribution is -0.118. The number of carbonyl (C=O) groups excluding carboxylic acids is 2. The third-order valence-electron chi connectivity index (χ3n) is 5.19. The fraction of sp³-hybridized carbons (Fsp3) is 0.154. The monoisotopic (exact) mass is 488 g/mol. The number of nitrogens with zero attached hydrogens (tertiary/aromatic N) is 2. The van der Waals surface area contributed by atoms with Gasteiger partial charge in [-0.3, -0.25) is 14.9 Å². The van der Waals surface area contributed by atoms with Gasteiger partial charge in [-0.05, 0) is 17.7 Å². The zero-order valence-corrected chi connectivity index (χ0v) is 20.0. The molecule has 8 nitrogen and oxygen atoms in total. The summed E-state index contributed by atoms with van der Waals surface area (Å²) in [5, 5.41) is 14.9. The van der Waals surface area contributed by atoms with Crippen molar-refractivity contribution in [3.8, 4) is 22.1 Å². The highest BCUT2D eigenvalue weighted by atomic mass is 32.1. The maximum Gasteiger partial charge on any atom is 0.252 e. The van der Waals surface area contributed by atoms with E-state index in [1.54, 1.807) is 18.2 Å². The Labute approximate surface area is 206 Å². The van der Waals surface area contributed by atoms with Gasteiger partial charge in [0.05, 0.1) is 14.2 Å².